The maximum Gasteiger partial charge on any atom is 1.00 e. The summed E-state index contributed by atoms with van der Waals surface area (Å²) in [6, 6.07) is 0. The summed E-state index contributed by atoms with van der Waals surface area (Å²) < 4.78 is 37.5. The van der Waals surface area contributed by atoms with E-state index in [1.54, 1.807) is 0 Å². The minimum absolute atomic E-state index is 0. The van der Waals surface area contributed by atoms with Crippen LogP contribution in [0.3, 0.4) is 0 Å². The van der Waals surface area contributed by atoms with Crippen molar-refractivity contribution >= 4 is 16.2 Å². The summed E-state index contributed by atoms with van der Waals surface area (Å²) in [5, 5.41) is 0. The van der Waals surface area contributed by atoms with Crippen molar-refractivity contribution in [2.24, 2.45) is 28.6 Å². The second-order valence-corrected chi connectivity index (χ2v) is 10.1. The van der Waals surface area contributed by atoms with Gasteiger partial charge in [0.25, 0.3) is 0 Å². The zero-order valence-corrected chi connectivity index (χ0v) is 18.8. The zero-order valence-electron chi connectivity index (χ0n) is 16.0. The van der Waals surface area contributed by atoms with Crippen LogP contribution in [0.5, 0.6) is 0 Å². The third kappa shape index (κ3) is 3.29. The molecule has 3 fully saturated rings. The quantitative estimate of drug-likeness (QED) is 0.294. The van der Waals surface area contributed by atoms with E-state index >= 15 is 0 Å². The van der Waals surface area contributed by atoms with Crippen LogP contribution in [-0.2, 0) is 19.4 Å². The van der Waals surface area contributed by atoms with Gasteiger partial charge in [-0.25, -0.2) is 8.42 Å². The molecule has 0 radical (unpaired) electrons. The van der Waals surface area contributed by atoms with E-state index < -0.39 is 16.5 Å². The predicted molar refractivity (Wildman–Crippen MR) is 91.3 cm³/mol. The Labute approximate surface area is 178 Å². The third-order valence-corrected chi connectivity index (χ3v) is 8.53. The van der Waals surface area contributed by atoms with E-state index in [9.17, 15) is 17.8 Å². The van der Waals surface area contributed by atoms with Gasteiger partial charge in [-0.3, -0.25) is 8.98 Å². The van der Waals surface area contributed by atoms with E-state index in [2.05, 4.69) is 19.9 Å². The number of rotatable bonds is 2. The van der Waals surface area contributed by atoms with Crippen molar-refractivity contribution in [1.29, 1.82) is 0 Å². The molecule has 0 aliphatic heterocycles. The second kappa shape index (κ2) is 6.96. The molecule has 3 saturated carbocycles. The summed E-state index contributed by atoms with van der Waals surface area (Å²) in [5.74, 6) is 2.05. The summed E-state index contributed by atoms with van der Waals surface area (Å²) >= 11 is 0. The molecule has 26 heavy (non-hydrogen) atoms. The SMILES string of the molecule is C[C@@]12CC[C@@H]3[C@H](CC=C4CC(OS(=O)(=O)[O-])CC[C@]43C)[C@H]1CCC2=O.[Na+]. The molecule has 4 aliphatic carbocycles. The Morgan fingerprint density at radius 3 is 2.46 bits per heavy atom. The first-order valence-corrected chi connectivity index (χ1v) is 10.8. The number of ketones is 1. The normalized spacial score (nSPS) is 45.0. The van der Waals surface area contributed by atoms with E-state index in [0.717, 1.165) is 38.5 Å². The number of fused-ring (bicyclic) bond motifs is 5. The largest absolute Gasteiger partial charge is 1.00 e. The van der Waals surface area contributed by atoms with E-state index in [1.165, 1.54) is 5.57 Å². The fourth-order valence-electron chi connectivity index (χ4n) is 6.65. The molecule has 0 bridgehead atoms. The van der Waals surface area contributed by atoms with E-state index in [4.69, 9.17) is 4.18 Å². The summed E-state index contributed by atoms with van der Waals surface area (Å²) in [6.45, 7) is 4.48. The smallest absolute Gasteiger partial charge is 0.726 e. The Bertz CT molecular complexity index is 732. The van der Waals surface area contributed by atoms with Crippen LogP contribution in [-0.4, -0.2) is 24.9 Å². The molecule has 0 heterocycles. The molecular formula is C19H27NaO5S. The Morgan fingerprint density at radius 2 is 1.77 bits per heavy atom. The maximum absolute atomic E-state index is 12.4. The predicted octanol–water partition coefficient (Wildman–Crippen LogP) is 0.368. The van der Waals surface area contributed by atoms with Gasteiger partial charge in [-0.05, 0) is 68.1 Å². The maximum atomic E-state index is 12.4. The van der Waals surface area contributed by atoms with Gasteiger partial charge >= 0.3 is 29.6 Å². The zero-order chi connectivity index (χ0) is 18.0. The molecular weight excluding hydrogens is 363 g/mol. The van der Waals surface area contributed by atoms with Gasteiger partial charge in [0.15, 0.2) is 0 Å². The standard InChI is InChI=1S/C19H28O5S.Na/c1-18-9-7-13(24-25(21,22)23)11-12(18)3-4-14-15-5-6-17(20)19(15,2)10-8-16(14)18;/h3,13-16H,4-11H2,1-2H3,(H,21,22,23);/q;+1/p-1/t13?,14-,15-,16-,18-,19-;/m1./s1. The van der Waals surface area contributed by atoms with E-state index in [1.807, 2.05) is 0 Å². The molecule has 0 N–H and O–H groups in total. The van der Waals surface area contributed by atoms with Gasteiger partial charge in [0.1, 0.15) is 5.78 Å². The van der Waals surface area contributed by atoms with Crippen molar-refractivity contribution < 1.29 is 51.5 Å². The molecule has 140 valence electrons. The average molecular weight is 390 g/mol. The van der Waals surface area contributed by atoms with Crippen LogP contribution in [0.1, 0.15) is 65.2 Å². The minimum atomic E-state index is -4.65. The number of hydrogen-bond acceptors (Lipinski definition) is 5. The number of allylic oxidation sites excluding steroid dienone is 1. The average Bonchev–Trinajstić information content (AvgIpc) is 2.82. The van der Waals surface area contributed by atoms with Crippen LogP contribution in [0.15, 0.2) is 11.6 Å². The van der Waals surface area contributed by atoms with Crippen LogP contribution in [0.4, 0.5) is 0 Å². The first-order valence-electron chi connectivity index (χ1n) is 9.50. The van der Waals surface area contributed by atoms with E-state index in [0.29, 0.717) is 36.4 Å². The van der Waals surface area contributed by atoms with E-state index in [-0.39, 0.29) is 40.4 Å². The summed E-state index contributed by atoms with van der Waals surface area (Å²) in [7, 11) is -4.65. The van der Waals surface area contributed by atoms with Crippen molar-refractivity contribution in [2.75, 3.05) is 0 Å². The van der Waals surface area contributed by atoms with Crippen LogP contribution < -0.4 is 29.6 Å². The fourth-order valence-corrected chi connectivity index (χ4v) is 7.14. The molecule has 0 spiro atoms. The molecule has 0 aromatic rings. The summed E-state index contributed by atoms with van der Waals surface area (Å²) in [6.07, 6.45) is 8.55. The first-order chi connectivity index (χ1) is 11.6. The van der Waals surface area contributed by atoms with Crippen molar-refractivity contribution in [1.82, 2.24) is 0 Å². The van der Waals surface area contributed by atoms with Gasteiger partial charge in [0, 0.05) is 11.8 Å². The molecule has 4 rings (SSSR count). The second-order valence-electron chi connectivity index (χ2n) is 9.05. The molecule has 7 heteroatoms. The van der Waals surface area contributed by atoms with Crippen molar-refractivity contribution in [3.8, 4) is 0 Å². The Hall–Kier alpha value is 0.280. The Balaban J connectivity index is 0.00000196. The van der Waals surface area contributed by atoms with Crippen LogP contribution in [0.2, 0.25) is 0 Å². The Kier molecular flexibility index (Phi) is 5.62. The monoisotopic (exact) mass is 390 g/mol. The number of hydrogen-bond donors (Lipinski definition) is 0. The van der Waals surface area contributed by atoms with Gasteiger partial charge in [-0.2, -0.15) is 0 Å². The molecule has 4 aliphatic rings. The van der Waals surface area contributed by atoms with Crippen molar-refractivity contribution in [2.45, 2.75) is 71.3 Å². The topological polar surface area (TPSA) is 83.5 Å². The fraction of sp³-hybridized carbons (Fsp3) is 0.842. The molecule has 0 saturated heterocycles. The van der Waals surface area contributed by atoms with Gasteiger partial charge in [0.2, 0.25) is 10.4 Å². The molecule has 1 unspecified atom stereocenters. The first kappa shape index (κ1) is 21.0. The molecule has 6 atom stereocenters. The van der Waals surface area contributed by atoms with Crippen LogP contribution in [0, 0.1) is 28.6 Å². The van der Waals surface area contributed by atoms with Gasteiger partial charge in [0.05, 0.1) is 6.10 Å². The third-order valence-electron chi connectivity index (χ3n) is 8.02. The minimum Gasteiger partial charge on any atom is -0.726 e. The van der Waals surface area contributed by atoms with Crippen molar-refractivity contribution in [3.63, 3.8) is 0 Å². The van der Waals surface area contributed by atoms with Gasteiger partial charge in [-0.15, -0.1) is 0 Å². The molecule has 5 nitrogen and oxygen atoms in total. The van der Waals surface area contributed by atoms with Gasteiger partial charge < -0.3 is 4.55 Å². The molecule has 0 amide bonds. The van der Waals surface area contributed by atoms with Crippen LogP contribution >= 0.6 is 0 Å². The Morgan fingerprint density at radius 1 is 1.12 bits per heavy atom. The molecule has 0 aromatic carbocycles. The summed E-state index contributed by atoms with van der Waals surface area (Å²) in [5.41, 5.74) is 1.20. The number of carbonyl (C=O) groups excluding carboxylic acids is 1. The number of Topliss-reactive ketones (excluding diaryl/α,β-unsaturated/α-hetero) is 1. The molecule has 0 aromatic heterocycles. The summed E-state index contributed by atoms with van der Waals surface area (Å²) in [4.78, 5) is 12.4. The van der Waals surface area contributed by atoms with Crippen molar-refractivity contribution in [3.05, 3.63) is 11.6 Å². The van der Waals surface area contributed by atoms with Gasteiger partial charge in [-0.1, -0.05) is 25.5 Å². The number of carbonyl (C=O) groups is 1. The van der Waals surface area contributed by atoms with Crippen LogP contribution in [0.25, 0.3) is 0 Å².